The van der Waals surface area contributed by atoms with E-state index in [9.17, 15) is 19.2 Å². The molecule has 0 bridgehead atoms. The Balaban J connectivity index is 0.795. The van der Waals surface area contributed by atoms with Crippen LogP contribution in [0.5, 0.6) is 11.5 Å². The molecule has 5 heterocycles. The van der Waals surface area contributed by atoms with Crippen molar-refractivity contribution in [1.82, 2.24) is 20.2 Å². The van der Waals surface area contributed by atoms with Gasteiger partial charge < -0.3 is 24.4 Å². The smallest absolute Gasteiger partial charge is 0.262 e. The van der Waals surface area contributed by atoms with Gasteiger partial charge in [-0.3, -0.25) is 29.4 Å². The predicted molar refractivity (Wildman–Crippen MR) is 206 cm³/mol. The molecule has 13 heteroatoms. The van der Waals surface area contributed by atoms with Crippen LogP contribution in [0.1, 0.15) is 83.5 Å². The third-order valence-electron chi connectivity index (χ3n) is 11.9. The molecule has 1 spiro atoms. The predicted octanol–water partition coefficient (Wildman–Crippen LogP) is 5.03. The number of ether oxygens (including phenoxy) is 3. The zero-order valence-electron chi connectivity index (χ0n) is 31.5. The van der Waals surface area contributed by atoms with E-state index in [-0.39, 0.29) is 41.5 Å². The van der Waals surface area contributed by atoms with E-state index in [0.717, 1.165) is 84.7 Å². The highest BCUT2D eigenvalue weighted by atomic mass is 16.5. The van der Waals surface area contributed by atoms with Crippen LogP contribution in [0.25, 0.3) is 0 Å². The molecule has 4 fully saturated rings. The van der Waals surface area contributed by atoms with Crippen molar-refractivity contribution in [2.75, 3.05) is 36.5 Å². The molecular weight excluding hydrogens is 713 g/mol. The van der Waals surface area contributed by atoms with Gasteiger partial charge in [0.2, 0.25) is 17.8 Å². The summed E-state index contributed by atoms with van der Waals surface area (Å²) in [4.78, 5) is 62.9. The van der Waals surface area contributed by atoms with E-state index in [0.29, 0.717) is 17.7 Å². The third-order valence-corrected chi connectivity index (χ3v) is 11.9. The lowest BCUT2D eigenvalue weighted by molar-refractivity contribution is -0.136. The number of piperidine rings is 1. The topological polar surface area (TPSA) is 152 Å². The molecule has 1 aromatic heterocycles. The fourth-order valence-corrected chi connectivity index (χ4v) is 8.52. The summed E-state index contributed by atoms with van der Waals surface area (Å²) in [5, 5.41) is 5.77. The minimum absolute atomic E-state index is 0.00437. The van der Waals surface area contributed by atoms with Crippen molar-refractivity contribution in [3.8, 4) is 11.5 Å². The van der Waals surface area contributed by atoms with Crippen LogP contribution in [0.3, 0.4) is 0 Å². The maximum atomic E-state index is 13.3. The van der Waals surface area contributed by atoms with E-state index in [2.05, 4.69) is 58.6 Å². The molecule has 13 nitrogen and oxygen atoms in total. The number of hydrogen-bond acceptors (Lipinski definition) is 11. The normalized spacial score (nSPS) is 22.7. The average Bonchev–Trinajstić information content (AvgIpc) is 3.69. The van der Waals surface area contributed by atoms with Crippen LogP contribution in [0.4, 0.5) is 11.6 Å². The Morgan fingerprint density at radius 3 is 2.29 bits per heavy atom. The number of anilines is 2. The van der Waals surface area contributed by atoms with Crippen LogP contribution in [0, 0.1) is 5.41 Å². The van der Waals surface area contributed by atoms with Crippen molar-refractivity contribution in [1.29, 1.82) is 0 Å². The minimum atomic E-state index is -0.997. The maximum absolute atomic E-state index is 13.3. The Kier molecular flexibility index (Phi) is 8.99. The highest BCUT2D eigenvalue weighted by molar-refractivity contribution is 6.23. The van der Waals surface area contributed by atoms with E-state index in [1.54, 1.807) is 24.4 Å². The van der Waals surface area contributed by atoms with E-state index in [1.165, 1.54) is 0 Å². The quantitative estimate of drug-likeness (QED) is 0.198. The summed E-state index contributed by atoms with van der Waals surface area (Å²) in [6.45, 7) is 8.29. The molecule has 4 amide bonds. The number of carbonyl (C=O) groups excluding carboxylic acids is 4. The van der Waals surface area contributed by atoms with Gasteiger partial charge in [0.25, 0.3) is 11.8 Å². The summed E-state index contributed by atoms with van der Waals surface area (Å²) in [6, 6.07) is 22.4. The molecule has 288 valence electrons. The number of rotatable bonds is 11. The van der Waals surface area contributed by atoms with Crippen molar-refractivity contribution in [2.24, 2.45) is 5.41 Å². The molecule has 1 unspecified atom stereocenters. The van der Waals surface area contributed by atoms with E-state index in [1.807, 2.05) is 30.3 Å². The highest BCUT2D eigenvalue weighted by Crippen LogP contribution is 2.39. The second kappa shape index (κ2) is 14.0. The minimum Gasteiger partial charge on any atom is -0.488 e. The van der Waals surface area contributed by atoms with E-state index in [4.69, 9.17) is 19.2 Å². The zero-order valence-corrected chi connectivity index (χ0v) is 31.5. The molecule has 4 aromatic rings. The number of carbonyl (C=O) groups is 4. The fraction of sp³-hybridized carbons (Fsp3) is 0.395. The van der Waals surface area contributed by atoms with Crippen molar-refractivity contribution in [3.05, 3.63) is 107 Å². The molecule has 56 heavy (non-hydrogen) atoms. The summed E-state index contributed by atoms with van der Waals surface area (Å²) in [5.41, 5.74) is 4.38. The first-order chi connectivity index (χ1) is 27.0. The molecule has 3 atom stereocenters. The van der Waals surface area contributed by atoms with E-state index < -0.39 is 29.7 Å². The standard InChI is InChI=1S/C43H44N6O7/c1-42(2,26-6-11-30(12-7-26)55-21-29-18-19-44-41(46-29)48-22-43(23-48)24-54-25-43)27-8-13-31(14-9-27)56-36-5-3-4-34(36)45-28-10-15-32-33(20-28)40(53)49(39(32)52)35-16-17-37(50)47-38(35)51/h6-15,18-20,34-36,45H,3-5,16-17,21-25H2,1-2H3,(H,47,50,51)/t34-,35?,36+/m1/s1. The number of hydrogen-bond donors (Lipinski definition) is 2. The van der Waals surface area contributed by atoms with Crippen LogP contribution >= 0.6 is 0 Å². The third kappa shape index (κ3) is 6.63. The summed E-state index contributed by atoms with van der Waals surface area (Å²) in [6.07, 6.45) is 4.64. The van der Waals surface area contributed by atoms with Crippen molar-refractivity contribution in [2.45, 2.75) is 76.2 Å². The summed E-state index contributed by atoms with van der Waals surface area (Å²) in [5.74, 6) is 0.226. The Bertz CT molecular complexity index is 2200. The number of aromatic nitrogens is 2. The van der Waals surface area contributed by atoms with Crippen molar-refractivity contribution in [3.63, 3.8) is 0 Å². The molecule has 0 radical (unpaired) electrons. The summed E-state index contributed by atoms with van der Waals surface area (Å²) < 4.78 is 18.0. The van der Waals surface area contributed by atoms with Gasteiger partial charge in [0.15, 0.2) is 0 Å². The lowest BCUT2D eigenvalue weighted by Gasteiger charge is -2.54. The lowest BCUT2D eigenvalue weighted by atomic mass is 9.78. The molecular formula is C43H44N6O7. The van der Waals surface area contributed by atoms with Gasteiger partial charge in [0.1, 0.15) is 30.3 Å². The zero-order chi connectivity index (χ0) is 38.6. The van der Waals surface area contributed by atoms with Gasteiger partial charge in [-0.2, -0.15) is 0 Å². The molecule has 1 aliphatic carbocycles. The number of nitrogens with zero attached hydrogens (tertiary/aromatic N) is 4. The Morgan fingerprint density at radius 2 is 1.59 bits per heavy atom. The number of benzene rings is 3. The van der Waals surface area contributed by atoms with Crippen LogP contribution in [0.15, 0.2) is 79.0 Å². The molecule has 1 saturated carbocycles. The van der Waals surface area contributed by atoms with Crippen LogP contribution < -0.4 is 25.0 Å². The van der Waals surface area contributed by atoms with Gasteiger partial charge in [0, 0.05) is 36.8 Å². The Morgan fingerprint density at radius 1 is 0.875 bits per heavy atom. The van der Waals surface area contributed by atoms with Gasteiger partial charge in [-0.1, -0.05) is 38.1 Å². The van der Waals surface area contributed by atoms with E-state index >= 15 is 0 Å². The molecule has 3 aromatic carbocycles. The van der Waals surface area contributed by atoms with Gasteiger partial charge in [0.05, 0.1) is 41.5 Å². The molecule has 9 rings (SSSR count). The van der Waals surface area contributed by atoms with Gasteiger partial charge in [-0.05, 0) is 85.3 Å². The van der Waals surface area contributed by atoms with Crippen LogP contribution in [0.2, 0.25) is 0 Å². The van der Waals surface area contributed by atoms with Gasteiger partial charge in [-0.15, -0.1) is 0 Å². The average molecular weight is 757 g/mol. The lowest BCUT2D eigenvalue weighted by Crippen LogP contribution is -2.66. The highest BCUT2D eigenvalue weighted by Gasteiger charge is 2.50. The second-order valence-corrected chi connectivity index (χ2v) is 16.2. The molecule has 2 N–H and O–H groups in total. The summed E-state index contributed by atoms with van der Waals surface area (Å²) in [7, 11) is 0. The molecule has 5 aliphatic rings. The first kappa shape index (κ1) is 35.9. The fourth-order valence-electron chi connectivity index (χ4n) is 8.52. The Labute approximate surface area is 324 Å². The molecule has 4 aliphatic heterocycles. The van der Waals surface area contributed by atoms with Crippen LogP contribution in [-0.4, -0.2) is 83.0 Å². The van der Waals surface area contributed by atoms with Gasteiger partial charge in [-0.25, -0.2) is 9.97 Å². The number of amides is 4. The maximum Gasteiger partial charge on any atom is 0.262 e. The largest absolute Gasteiger partial charge is 0.488 e. The van der Waals surface area contributed by atoms with Gasteiger partial charge >= 0.3 is 0 Å². The van der Waals surface area contributed by atoms with Crippen molar-refractivity contribution >= 4 is 35.3 Å². The van der Waals surface area contributed by atoms with Crippen LogP contribution in [-0.2, 0) is 26.3 Å². The number of fused-ring (bicyclic) bond motifs is 1. The number of nitrogens with one attached hydrogen (secondary N) is 2. The Hall–Kier alpha value is -5.82. The number of imide groups is 2. The van der Waals surface area contributed by atoms with Crippen molar-refractivity contribution < 1.29 is 33.4 Å². The first-order valence-electron chi connectivity index (χ1n) is 19.3. The second-order valence-electron chi connectivity index (χ2n) is 16.2. The first-order valence-corrected chi connectivity index (χ1v) is 19.3. The SMILES string of the molecule is CC(C)(c1ccc(OCc2ccnc(N3CC4(COC4)C3)n2)cc1)c1ccc(O[C@H]2CCC[C@H]2Nc2ccc3c(c2)C(=O)N(C2CCC(=O)NC2=O)C3=O)cc1. The molecule has 3 saturated heterocycles. The summed E-state index contributed by atoms with van der Waals surface area (Å²) >= 11 is 0. The monoisotopic (exact) mass is 756 g/mol.